The van der Waals surface area contributed by atoms with Crippen LogP contribution in [0.2, 0.25) is 10.3 Å². The Labute approximate surface area is 132 Å². The van der Waals surface area contributed by atoms with Gasteiger partial charge in [-0.3, -0.25) is 4.72 Å². The molecule has 0 amide bonds. The summed E-state index contributed by atoms with van der Waals surface area (Å²) in [7, 11) is -3.41. The SMILES string of the molecule is Cc1ccc(Nc2nc(Cl)ncc2Cl)c(NS(C)(=O)=O)c1. The molecule has 0 fully saturated rings. The fraction of sp³-hybridized carbons (Fsp3) is 0.167. The number of halogens is 2. The van der Waals surface area contributed by atoms with E-state index in [9.17, 15) is 8.42 Å². The van der Waals surface area contributed by atoms with Crippen LogP contribution in [0, 0.1) is 6.92 Å². The van der Waals surface area contributed by atoms with Gasteiger partial charge in [0.05, 0.1) is 23.8 Å². The van der Waals surface area contributed by atoms with Crippen molar-refractivity contribution in [3.05, 3.63) is 40.3 Å². The van der Waals surface area contributed by atoms with Gasteiger partial charge in [0, 0.05) is 0 Å². The predicted molar refractivity (Wildman–Crippen MR) is 85.0 cm³/mol. The topological polar surface area (TPSA) is 84.0 Å². The smallest absolute Gasteiger partial charge is 0.229 e. The molecule has 1 heterocycles. The first-order valence-corrected chi connectivity index (χ1v) is 8.43. The second kappa shape index (κ2) is 6.05. The summed E-state index contributed by atoms with van der Waals surface area (Å²) in [6.07, 6.45) is 2.44. The summed E-state index contributed by atoms with van der Waals surface area (Å²) in [6, 6.07) is 5.24. The molecule has 2 rings (SSSR count). The van der Waals surface area contributed by atoms with Crippen LogP contribution >= 0.6 is 23.2 Å². The van der Waals surface area contributed by atoms with Crippen LogP contribution in [0.4, 0.5) is 17.2 Å². The van der Waals surface area contributed by atoms with Gasteiger partial charge in [-0.2, -0.15) is 4.98 Å². The number of rotatable bonds is 4. The summed E-state index contributed by atoms with van der Waals surface area (Å²) < 4.78 is 25.3. The van der Waals surface area contributed by atoms with Crippen LogP contribution in [0.25, 0.3) is 0 Å². The number of hydrogen-bond donors (Lipinski definition) is 2. The maximum Gasteiger partial charge on any atom is 0.229 e. The Morgan fingerprint density at radius 1 is 1.19 bits per heavy atom. The van der Waals surface area contributed by atoms with E-state index in [0.717, 1.165) is 11.8 Å². The standard InChI is InChI=1S/C12H12Cl2N4O2S/c1-7-3-4-9(10(5-7)18-21(2,19)20)16-11-8(13)6-15-12(14)17-11/h3-6,18H,1-2H3,(H,15,16,17). The Kier molecular flexibility index (Phi) is 4.55. The lowest BCUT2D eigenvalue weighted by atomic mass is 10.2. The second-order valence-electron chi connectivity index (χ2n) is 4.38. The molecule has 0 unspecified atom stereocenters. The molecule has 0 aliphatic heterocycles. The van der Waals surface area contributed by atoms with Crippen LogP contribution in [0.15, 0.2) is 24.4 Å². The molecule has 6 nitrogen and oxygen atoms in total. The first-order chi connectivity index (χ1) is 9.74. The van der Waals surface area contributed by atoms with E-state index in [1.807, 2.05) is 13.0 Å². The Balaban J connectivity index is 2.42. The van der Waals surface area contributed by atoms with Gasteiger partial charge in [-0.1, -0.05) is 17.7 Å². The number of anilines is 3. The summed E-state index contributed by atoms with van der Waals surface area (Å²) in [5, 5.41) is 3.24. The van der Waals surface area contributed by atoms with Crippen LogP contribution in [-0.2, 0) is 10.0 Å². The normalized spacial score (nSPS) is 11.2. The molecule has 2 N–H and O–H groups in total. The van der Waals surface area contributed by atoms with E-state index in [1.54, 1.807) is 12.1 Å². The number of aromatic nitrogens is 2. The van der Waals surface area contributed by atoms with Crippen molar-refractivity contribution in [3.63, 3.8) is 0 Å². The monoisotopic (exact) mass is 346 g/mol. The van der Waals surface area contributed by atoms with Gasteiger partial charge < -0.3 is 5.32 Å². The van der Waals surface area contributed by atoms with Crippen molar-refractivity contribution in [3.8, 4) is 0 Å². The average Bonchev–Trinajstić information content (AvgIpc) is 2.35. The molecule has 2 aromatic rings. The maximum atomic E-state index is 11.4. The third kappa shape index (κ3) is 4.45. The molecule has 0 aliphatic rings. The lowest BCUT2D eigenvalue weighted by Crippen LogP contribution is -2.11. The highest BCUT2D eigenvalue weighted by Gasteiger charge is 2.11. The minimum Gasteiger partial charge on any atom is -0.337 e. The molecule has 21 heavy (non-hydrogen) atoms. The molecule has 0 spiro atoms. The van der Waals surface area contributed by atoms with Crippen molar-refractivity contribution in [1.82, 2.24) is 9.97 Å². The molecule has 1 aromatic carbocycles. The summed E-state index contributed by atoms with van der Waals surface area (Å²) in [4.78, 5) is 7.71. The predicted octanol–water partition coefficient (Wildman–Crippen LogP) is 3.21. The van der Waals surface area contributed by atoms with Gasteiger partial charge in [-0.05, 0) is 36.2 Å². The largest absolute Gasteiger partial charge is 0.337 e. The van der Waals surface area contributed by atoms with Crippen molar-refractivity contribution in [2.75, 3.05) is 16.3 Å². The zero-order valence-corrected chi connectivity index (χ0v) is 13.5. The Morgan fingerprint density at radius 2 is 1.90 bits per heavy atom. The molecular formula is C12H12Cl2N4O2S. The molecule has 0 aliphatic carbocycles. The second-order valence-corrected chi connectivity index (χ2v) is 6.88. The lowest BCUT2D eigenvalue weighted by Gasteiger charge is -2.14. The van der Waals surface area contributed by atoms with Crippen molar-refractivity contribution < 1.29 is 8.42 Å². The highest BCUT2D eigenvalue weighted by molar-refractivity contribution is 7.92. The molecule has 0 atom stereocenters. The summed E-state index contributed by atoms with van der Waals surface area (Å²) in [6.45, 7) is 1.85. The fourth-order valence-corrected chi connectivity index (χ4v) is 2.45. The van der Waals surface area contributed by atoms with Crippen LogP contribution in [0.5, 0.6) is 0 Å². The van der Waals surface area contributed by atoms with E-state index in [0.29, 0.717) is 11.4 Å². The van der Waals surface area contributed by atoms with Crippen LogP contribution < -0.4 is 10.0 Å². The van der Waals surface area contributed by atoms with Crippen molar-refractivity contribution >= 4 is 50.4 Å². The van der Waals surface area contributed by atoms with E-state index in [4.69, 9.17) is 23.2 Å². The van der Waals surface area contributed by atoms with Gasteiger partial charge in [0.2, 0.25) is 15.3 Å². The molecular weight excluding hydrogens is 335 g/mol. The minimum atomic E-state index is -3.41. The number of aryl methyl sites for hydroxylation is 1. The molecule has 0 bridgehead atoms. The number of nitrogens with zero attached hydrogens (tertiary/aromatic N) is 2. The van der Waals surface area contributed by atoms with Gasteiger partial charge in [-0.25, -0.2) is 13.4 Å². The fourth-order valence-electron chi connectivity index (χ4n) is 1.61. The van der Waals surface area contributed by atoms with E-state index in [-0.39, 0.29) is 16.1 Å². The Bertz CT molecular complexity index is 781. The lowest BCUT2D eigenvalue weighted by molar-refractivity contribution is 0.607. The zero-order chi connectivity index (χ0) is 15.6. The highest BCUT2D eigenvalue weighted by Crippen LogP contribution is 2.30. The van der Waals surface area contributed by atoms with Crippen molar-refractivity contribution in [2.24, 2.45) is 0 Å². The molecule has 9 heteroatoms. The molecule has 112 valence electrons. The molecule has 1 aromatic heterocycles. The third-order valence-electron chi connectivity index (χ3n) is 2.44. The summed E-state index contributed by atoms with van der Waals surface area (Å²) >= 11 is 11.7. The van der Waals surface area contributed by atoms with E-state index in [1.165, 1.54) is 6.20 Å². The first-order valence-electron chi connectivity index (χ1n) is 5.78. The van der Waals surface area contributed by atoms with Crippen LogP contribution in [0.3, 0.4) is 0 Å². The third-order valence-corrected chi connectivity index (χ3v) is 3.49. The van der Waals surface area contributed by atoms with Crippen LogP contribution in [0.1, 0.15) is 5.56 Å². The Morgan fingerprint density at radius 3 is 2.57 bits per heavy atom. The van der Waals surface area contributed by atoms with Crippen LogP contribution in [-0.4, -0.2) is 24.6 Å². The number of hydrogen-bond acceptors (Lipinski definition) is 5. The maximum absolute atomic E-state index is 11.4. The van der Waals surface area contributed by atoms with Gasteiger partial charge in [-0.15, -0.1) is 0 Å². The summed E-state index contributed by atoms with van der Waals surface area (Å²) in [5.74, 6) is 0.289. The zero-order valence-electron chi connectivity index (χ0n) is 11.2. The van der Waals surface area contributed by atoms with E-state index >= 15 is 0 Å². The molecule has 0 saturated heterocycles. The van der Waals surface area contributed by atoms with Gasteiger partial charge in [0.25, 0.3) is 0 Å². The van der Waals surface area contributed by atoms with Gasteiger partial charge in [0.1, 0.15) is 5.02 Å². The van der Waals surface area contributed by atoms with Crippen molar-refractivity contribution in [2.45, 2.75) is 6.92 Å². The van der Waals surface area contributed by atoms with E-state index in [2.05, 4.69) is 20.0 Å². The first kappa shape index (κ1) is 15.8. The highest BCUT2D eigenvalue weighted by atomic mass is 35.5. The minimum absolute atomic E-state index is 0.0339. The van der Waals surface area contributed by atoms with Crippen molar-refractivity contribution in [1.29, 1.82) is 0 Å². The number of benzene rings is 1. The van der Waals surface area contributed by atoms with Gasteiger partial charge in [0.15, 0.2) is 5.82 Å². The number of nitrogens with one attached hydrogen (secondary N) is 2. The quantitative estimate of drug-likeness (QED) is 0.830. The summed E-state index contributed by atoms with van der Waals surface area (Å²) in [5.41, 5.74) is 1.80. The van der Waals surface area contributed by atoms with Gasteiger partial charge >= 0.3 is 0 Å². The molecule has 0 radical (unpaired) electrons. The average molecular weight is 347 g/mol. The Hall–Kier alpha value is -1.57. The molecule has 0 saturated carbocycles. The number of sulfonamides is 1. The van der Waals surface area contributed by atoms with E-state index < -0.39 is 10.0 Å².